The Kier molecular flexibility index (Phi) is 8.36. The number of methoxy groups -OCH3 is 4. The Hall–Kier alpha value is -3.97. The van der Waals surface area contributed by atoms with Crippen molar-refractivity contribution in [1.82, 2.24) is 29.7 Å². The molecule has 0 aliphatic rings. The molecule has 3 heterocycles. The number of benzene rings is 1. The second-order valence-corrected chi connectivity index (χ2v) is 8.78. The Balaban J connectivity index is 1.74. The Morgan fingerprint density at radius 1 is 0.919 bits per heavy atom. The second kappa shape index (κ2) is 11.8. The second-order valence-electron chi connectivity index (χ2n) is 7.60. The fourth-order valence-corrected chi connectivity index (χ4v) is 4.40. The van der Waals surface area contributed by atoms with Gasteiger partial charge in [-0.15, -0.1) is 10.2 Å². The average Bonchev–Trinajstić information content (AvgIpc) is 3.36. The largest absolute Gasteiger partial charge is 0.494 e. The minimum Gasteiger partial charge on any atom is -0.494 e. The molecule has 0 saturated heterocycles. The molecule has 0 saturated carbocycles. The highest BCUT2D eigenvalue weighted by molar-refractivity contribution is 8.01. The van der Waals surface area contributed by atoms with E-state index >= 15 is 0 Å². The van der Waals surface area contributed by atoms with Gasteiger partial charge in [-0.2, -0.15) is 0 Å². The van der Waals surface area contributed by atoms with Gasteiger partial charge in [0.05, 0.1) is 39.0 Å². The molecule has 11 nitrogen and oxygen atoms in total. The van der Waals surface area contributed by atoms with Crippen molar-refractivity contribution in [2.45, 2.75) is 18.3 Å². The average molecular weight is 528 g/mol. The third-order valence-corrected chi connectivity index (χ3v) is 6.28. The van der Waals surface area contributed by atoms with Crippen LogP contribution in [0.15, 0.2) is 48.8 Å². The SMILES string of the molecule is COc1cccc(-c2nnc(NSC(C)C(OC)c3ncc(F)cn3)n2-c2c(OC)cccc2OC)n1. The quantitative estimate of drug-likeness (QED) is 0.284. The Bertz CT molecular complexity index is 1320. The number of aromatic nitrogens is 6. The molecule has 0 aliphatic heterocycles. The molecule has 1 N–H and O–H groups in total. The van der Waals surface area contributed by atoms with Gasteiger partial charge >= 0.3 is 0 Å². The van der Waals surface area contributed by atoms with Gasteiger partial charge in [0.2, 0.25) is 11.8 Å². The summed E-state index contributed by atoms with van der Waals surface area (Å²) in [6.45, 7) is 1.92. The number of hydrogen-bond acceptors (Lipinski definition) is 11. The summed E-state index contributed by atoms with van der Waals surface area (Å²) in [6.07, 6.45) is 1.70. The molecule has 0 spiro atoms. The predicted molar refractivity (Wildman–Crippen MR) is 137 cm³/mol. The number of nitrogens with one attached hydrogen (secondary N) is 1. The highest BCUT2D eigenvalue weighted by atomic mass is 32.2. The summed E-state index contributed by atoms with van der Waals surface area (Å²) in [5.74, 6) is 2.17. The van der Waals surface area contributed by atoms with E-state index in [9.17, 15) is 4.39 Å². The van der Waals surface area contributed by atoms with Gasteiger partial charge in [-0.25, -0.2) is 19.3 Å². The van der Waals surface area contributed by atoms with Gasteiger partial charge in [0.15, 0.2) is 17.5 Å². The van der Waals surface area contributed by atoms with Crippen molar-refractivity contribution in [1.29, 1.82) is 0 Å². The first-order chi connectivity index (χ1) is 18.0. The van der Waals surface area contributed by atoms with E-state index in [-0.39, 0.29) is 5.25 Å². The summed E-state index contributed by atoms with van der Waals surface area (Å²) >= 11 is 1.31. The topological polar surface area (TPSA) is 118 Å². The smallest absolute Gasteiger partial charge is 0.239 e. The van der Waals surface area contributed by atoms with E-state index in [1.807, 2.05) is 31.2 Å². The third kappa shape index (κ3) is 5.57. The third-order valence-electron chi connectivity index (χ3n) is 5.36. The molecular weight excluding hydrogens is 501 g/mol. The fraction of sp³-hybridized carbons (Fsp3) is 0.292. The molecular formula is C24H26FN7O4S. The molecule has 194 valence electrons. The molecule has 2 atom stereocenters. The Morgan fingerprint density at radius 2 is 1.59 bits per heavy atom. The number of hydrogen-bond donors (Lipinski definition) is 1. The molecule has 3 aromatic heterocycles. The number of rotatable bonds is 11. The highest BCUT2D eigenvalue weighted by Gasteiger charge is 2.26. The van der Waals surface area contributed by atoms with Gasteiger partial charge in [0.1, 0.15) is 29.0 Å². The number of pyridine rings is 1. The highest BCUT2D eigenvalue weighted by Crippen LogP contribution is 2.38. The van der Waals surface area contributed by atoms with E-state index in [0.717, 1.165) is 12.4 Å². The maximum Gasteiger partial charge on any atom is 0.239 e. The van der Waals surface area contributed by atoms with Gasteiger partial charge in [-0.05, 0) is 37.1 Å². The lowest BCUT2D eigenvalue weighted by Gasteiger charge is -2.22. The summed E-state index contributed by atoms with van der Waals surface area (Å²) in [4.78, 5) is 12.6. The van der Waals surface area contributed by atoms with E-state index in [1.165, 1.54) is 11.9 Å². The summed E-state index contributed by atoms with van der Waals surface area (Å²) in [6, 6.07) is 10.8. The summed E-state index contributed by atoms with van der Waals surface area (Å²) in [5.41, 5.74) is 1.11. The summed E-state index contributed by atoms with van der Waals surface area (Å²) in [7, 11) is 6.23. The van der Waals surface area contributed by atoms with Crippen LogP contribution in [0, 0.1) is 5.82 Å². The monoisotopic (exact) mass is 527 g/mol. The van der Waals surface area contributed by atoms with Crippen LogP contribution < -0.4 is 18.9 Å². The molecule has 4 aromatic rings. The van der Waals surface area contributed by atoms with Crippen LogP contribution in [-0.4, -0.2) is 63.4 Å². The molecule has 2 unspecified atom stereocenters. The van der Waals surface area contributed by atoms with E-state index < -0.39 is 11.9 Å². The van der Waals surface area contributed by atoms with Gasteiger partial charge in [0, 0.05) is 13.2 Å². The molecule has 1 aromatic carbocycles. The van der Waals surface area contributed by atoms with Crippen molar-refractivity contribution in [2.75, 3.05) is 33.2 Å². The summed E-state index contributed by atoms with van der Waals surface area (Å²) in [5, 5.41) is 8.58. The van der Waals surface area contributed by atoms with Crippen LogP contribution in [0.4, 0.5) is 10.3 Å². The molecule has 0 radical (unpaired) electrons. The predicted octanol–water partition coefficient (Wildman–Crippen LogP) is 4.12. The number of halogens is 1. The van der Waals surface area contributed by atoms with Crippen molar-refractivity contribution < 1.29 is 23.3 Å². The molecule has 4 rings (SSSR count). The first-order valence-electron chi connectivity index (χ1n) is 11.1. The zero-order valence-corrected chi connectivity index (χ0v) is 21.7. The first kappa shape index (κ1) is 26.1. The van der Waals surface area contributed by atoms with Gasteiger partial charge < -0.3 is 18.9 Å². The van der Waals surface area contributed by atoms with Crippen LogP contribution in [-0.2, 0) is 4.74 Å². The van der Waals surface area contributed by atoms with Crippen LogP contribution in [0.1, 0.15) is 18.9 Å². The van der Waals surface area contributed by atoms with Crippen molar-refractivity contribution in [2.24, 2.45) is 0 Å². The Labute approximate surface area is 217 Å². The number of ether oxygens (including phenoxy) is 4. The van der Waals surface area contributed by atoms with Gasteiger partial charge in [-0.1, -0.05) is 12.1 Å². The minimum atomic E-state index is -0.519. The maximum atomic E-state index is 13.3. The van der Waals surface area contributed by atoms with Crippen LogP contribution >= 0.6 is 11.9 Å². The van der Waals surface area contributed by atoms with Crippen molar-refractivity contribution in [3.63, 3.8) is 0 Å². The lowest BCUT2D eigenvalue weighted by molar-refractivity contribution is 0.0970. The van der Waals surface area contributed by atoms with E-state index in [2.05, 4.69) is 29.9 Å². The normalized spacial score (nSPS) is 12.6. The number of anilines is 1. The van der Waals surface area contributed by atoms with E-state index in [4.69, 9.17) is 18.9 Å². The minimum absolute atomic E-state index is 0.210. The van der Waals surface area contributed by atoms with Crippen molar-refractivity contribution >= 4 is 17.9 Å². The maximum absolute atomic E-state index is 13.3. The van der Waals surface area contributed by atoms with Crippen LogP contribution in [0.5, 0.6) is 17.4 Å². The Morgan fingerprint density at radius 3 is 2.22 bits per heavy atom. The van der Waals surface area contributed by atoms with Crippen molar-refractivity contribution in [3.05, 3.63) is 60.4 Å². The molecule has 13 heteroatoms. The lowest BCUT2D eigenvalue weighted by Crippen LogP contribution is -2.19. The number of para-hydroxylation sites is 1. The molecule has 0 bridgehead atoms. The van der Waals surface area contributed by atoms with E-state index in [1.54, 1.807) is 45.1 Å². The van der Waals surface area contributed by atoms with E-state index in [0.29, 0.717) is 46.4 Å². The molecule has 37 heavy (non-hydrogen) atoms. The van der Waals surface area contributed by atoms with Crippen LogP contribution in [0.3, 0.4) is 0 Å². The van der Waals surface area contributed by atoms with Gasteiger partial charge in [0.25, 0.3) is 0 Å². The molecule has 0 fully saturated rings. The summed E-state index contributed by atoms with van der Waals surface area (Å²) < 4.78 is 40.5. The van der Waals surface area contributed by atoms with Gasteiger partial charge in [-0.3, -0.25) is 9.29 Å². The zero-order chi connectivity index (χ0) is 26.4. The van der Waals surface area contributed by atoms with Crippen LogP contribution in [0.2, 0.25) is 0 Å². The first-order valence-corrected chi connectivity index (χ1v) is 12.0. The zero-order valence-electron chi connectivity index (χ0n) is 20.9. The molecule has 0 aliphatic carbocycles. The molecule has 0 amide bonds. The fourth-order valence-electron chi connectivity index (χ4n) is 3.62. The number of nitrogens with zero attached hydrogens (tertiary/aromatic N) is 6. The standard InChI is InChI=1S/C24H26FN7O4S/c1-14(21(36-5)22-26-12-15(25)13-27-22)37-31-24-30-29-23(16-8-6-11-19(28-16)35-4)32(24)20-17(33-2)9-7-10-18(20)34-3/h6-14,21H,1-5H3,(H,30,31). The van der Waals surface area contributed by atoms with Crippen LogP contribution in [0.25, 0.3) is 17.2 Å². The van der Waals surface area contributed by atoms with Crippen molar-refractivity contribution in [3.8, 4) is 34.6 Å². The lowest BCUT2D eigenvalue weighted by atomic mass is 10.2.